The van der Waals surface area contributed by atoms with Gasteiger partial charge in [0.05, 0.1) is 0 Å². The molecule has 0 N–H and O–H groups in total. The van der Waals surface area contributed by atoms with Crippen LogP contribution in [0.4, 0.5) is 0 Å². The third kappa shape index (κ3) is 6.99. The standard InChI is InChI=1S/C15H25ClO2Si/c1-3-5-6-10-14-19(16,17-13-4-2)18-15-11-8-7-9-12-15/h7-9,11-12H,3-6,10,13-14H2,1-2H3. The van der Waals surface area contributed by atoms with Gasteiger partial charge in [-0.2, -0.15) is 0 Å². The van der Waals surface area contributed by atoms with Crippen LogP contribution < -0.4 is 4.43 Å². The maximum absolute atomic E-state index is 6.63. The van der Waals surface area contributed by atoms with Crippen LogP contribution in [0.3, 0.4) is 0 Å². The summed E-state index contributed by atoms with van der Waals surface area (Å²) in [6, 6.07) is 10.6. The summed E-state index contributed by atoms with van der Waals surface area (Å²) in [5, 5.41) is 0. The average molecular weight is 301 g/mol. The SMILES string of the molecule is CCCCCC[Si](Cl)(OCCC)Oc1ccccc1. The number of hydrogen-bond donors (Lipinski definition) is 0. The van der Waals surface area contributed by atoms with E-state index >= 15 is 0 Å². The van der Waals surface area contributed by atoms with E-state index in [0.29, 0.717) is 6.61 Å². The first-order valence-corrected chi connectivity index (χ1v) is 10.3. The van der Waals surface area contributed by atoms with Crippen LogP contribution in [0.5, 0.6) is 5.75 Å². The van der Waals surface area contributed by atoms with Crippen LogP contribution in [0.15, 0.2) is 30.3 Å². The molecule has 0 saturated carbocycles. The molecule has 1 aromatic carbocycles. The number of unbranched alkanes of at least 4 members (excludes halogenated alkanes) is 3. The highest BCUT2D eigenvalue weighted by atomic mass is 35.6. The highest BCUT2D eigenvalue weighted by Gasteiger charge is 2.37. The van der Waals surface area contributed by atoms with Crippen molar-refractivity contribution < 1.29 is 8.85 Å². The summed E-state index contributed by atoms with van der Waals surface area (Å²) in [5.41, 5.74) is 0. The van der Waals surface area contributed by atoms with Gasteiger partial charge in [0.1, 0.15) is 5.75 Å². The molecule has 19 heavy (non-hydrogen) atoms. The van der Waals surface area contributed by atoms with Crippen molar-refractivity contribution in [3.63, 3.8) is 0 Å². The van der Waals surface area contributed by atoms with E-state index < -0.39 is 7.87 Å². The van der Waals surface area contributed by atoms with Crippen molar-refractivity contribution in [1.82, 2.24) is 0 Å². The van der Waals surface area contributed by atoms with Crippen LogP contribution in [-0.4, -0.2) is 14.5 Å². The predicted molar refractivity (Wildman–Crippen MR) is 83.9 cm³/mol. The van der Waals surface area contributed by atoms with Crippen molar-refractivity contribution in [3.8, 4) is 5.75 Å². The molecule has 0 aliphatic carbocycles. The van der Waals surface area contributed by atoms with Gasteiger partial charge in [-0.25, -0.2) is 0 Å². The van der Waals surface area contributed by atoms with Gasteiger partial charge in [0.25, 0.3) is 0 Å². The van der Waals surface area contributed by atoms with Crippen LogP contribution in [-0.2, 0) is 4.43 Å². The van der Waals surface area contributed by atoms with E-state index in [1.54, 1.807) is 0 Å². The molecule has 0 spiro atoms. The topological polar surface area (TPSA) is 18.5 Å². The Morgan fingerprint density at radius 2 is 1.74 bits per heavy atom. The quantitative estimate of drug-likeness (QED) is 0.334. The molecule has 0 fully saturated rings. The van der Waals surface area contributed by atoms with Crippen molar-refractivity contribution in [2.75, 3.05) is 6.61 Å². The summed E-state index contributed by atoms with van der Waals surface area (Å²) in [4.78, 5) is 0. The van der Waals surface area contributed by atoms with E-state index in [1.165, 1.54) is 19.3 Å². The lowest BCUT2D eigenvalue weighted by Crippen LogP contribution is -2.39. The number of rotatable bonds is 10. The number of benzene rings is 1. The molecule has 1 unspecified atom stereocenters. The molecule has 1 atom stereocenters. The van der Waals surface area contributed by atoms with Crippen LogP contribution in [0.2, 0.25) is 6.04 Å². The maximum atomic E-state index is 6.63. The Bertz CT molecular complexity index is 334. The highest BCUT2D eigenvalue weighted by Crippen LogP contribution is 2.25. The van der Waals surface area contributed by atoms with Crippen LogP contribution in [0, 0.1) is 0 Å². The van der Waals surface area contributed by atoms with Crippen LogP contribution in [0.25, 0.3) is 0 Å². The first kappa shape index (κ1) is 16.5. The molecule has 2 nitrogen and oxygen atoms in total. The van der Waals surface area contributed by atoms with Crippen LogP contribution >= 0.6 is 11.1 Å². The molecule has 1 aromatic rings. The molecule has 0 amide bonds. The second-order valence-electron chi connectivity index (χ2n) is 4.73. The van der Waals surface area contributed by atoms with Crippen LogP contribution in [0.1, 0.15) is 46.0 Å². The Balaban J connectivity index is 2.53. The van der Waals surface area contributed by atoms with E-state index in [9.17, 15) is 0 Å². The number of halogens is 1. The minimum absolute atomic E-state index is 0.677. The van der Waals surface area contributed by atoms with Gasteiger partial charge < -0.3 is 8.85 Å². The van der Waals surface area contributed by atoms with Gasteiger partial charge in [0.2, 0.25) is 0 Å². The predicted octanol–water partition coefficient (Wildman–Crippen LogP) is 5.25. The Labute approximate surface area is 123 Å². The third-order valence-electron chi connectivity index (χ3n) is 2.86. The molecule has 0 aliphatic rings. The smallest absolute Gasteiger partial charge is 0.505 e. The molecular weight excluding hydrogens is 276 g/mol. The fourth-order valence-electron chi connectivity index (χ4n) is 1.83. The molecule has 0 bridgehead atoms. The molecule has 0 saturated heterocycles. The Morgan fingerprint density at radius 3 is 2.37 bits per heavy atom. The van der Waals surface area contributed by atoms with E-state index in [-0.39, 0.29) is 0 Å². The molecule has 0 aliphatic heterocycles. The molecule has 4 heteroatoms. The summed E-state index contributed by atoms with van der Waals surface area (Å²) in [5.74, 6) is 0.816. The van der Waals surface area contributed by atoms with Crippen molar-refractivity contribution in [2.24, 2.45) is 0 Å². The minimum Gasteiger partial charge on any atom is -0.510 e. The normalized spacial score (nSPS) is 14.1. The summed E-state index contributed by atoms with van der Waals surface area (Å²) in [6.07, 6.45) is 5.73. The zero-order valence-corrected chi connectivity index (χ0v) is 13.8. The fraction of sp³-hybridized carbons (Fsp3) is 0.600. The van der Waals surface area contributed by atoms with Gasteiger partial charge in [-0.1, -0.05) is 62.4 Å². The van der Waals surface area contributed by atoms with Gasteiger partial charge >= 0.3 is 7.87 Å². The van der Waals surface area contributed by atoms with E-state index in [4.69, 9.17) is 19.9 Å². The molecule has 0 heterocycles. The number of hydrogen-bond acceptors (Lipinski definition) is 2. The van der Waals surface area contributed by atoms with Crippen molar-refractivity contribution in [2.45, 2.75) is 52.0 Å². The number of para-hydroxylation sites is 1. The lowest BCUT2D eigenvalue weighted by Gasteiger charge is -2.24. The van der Waals surface area contributed by atoms with Gasteiger partial charge in [0.15, 0.2) is 0 Å². The summed E-state index contributed by atoms with van der Waals surface area (Å²) in [6.45, 7) is 4.97. The second-order valence-corrected chi connectivity index (χ2v) is 8.77. The molecule has 1 rings (SSSR count). The zero-order chi connectivity index (χ0) is 14.0. The van der Waals surface area contributed by atoms with E-state index in [1.807, 2.05) is 30.3 Å². The van der Waals surface area contributed by atoms with Gasteiger partial charge in [-0.15, -0.1) is 0 Å². The lowest BCUT2D eigenvalue weighted by molar-refractivity contribution is 0.254. The molecular formula is C15H25ClO2Si. The van der Waals surface area contributed by atoms with Crippen molar-refractivity contribution >= 4 is 18.9 Å². The largest absolute Gasteiger partial charge is 0.510 e. The summed E-state index contributed by atoms with van der Waals surface area (Å²) < 4.78 is 11.8. The van der Waals surface area contributed by atoms with Gasteiger partial charge in [-0.3, -0.25) is 0 Å². The van der Waals surface area contributed by atoms with Crippen molar-refractivity contribution in [1.29, 1.82) is 0 Å². The maximum Gasteiger partial charge on any atom is 0.505 e. The minimum atomic E-state index is -2.59. The molecule has 0 radical (unpaired) electrons. The Hall–Kier alpha value is -0.513. The summed E-state index contributed by atoms with van der Waals surface area (Å²) in [7, 11) is -2.59. The van der Waals surface area contributed by atoms with E-state index in [0.717, 1.165) is 24.6 Å². The first-order chi connectivity index (χ1) is 9.20. The monoisotopic (exact) mass is 300 g/mol. The second kappa shape index (κ2) is 9.40. The Kier molecular flexibility index (Phi) is 8.18. The third-order valence-corrected chi connectivity index (χ3v) is 6.12. The zero-order valence-electron chi connectivity index (χ0n) is 12.0. The fourth-order valence-corrected chi connectivity index (χ4v) is 4.71. The molecule has 108 valence electrons. The van der Waals surface area contributed by atoms with Crippen molar-refractivity contribution in [3.05, 3.63) is 30.3 Å². The average Bonchev–Trinajstić information content (AvgIpc) is 2.43. The Morgan fingerprint density at radius 1 is 1.00 bits per heavy atom. The van der Waals surface area contributed by atoms with E-state index in [2.05, 4.69) is 13.8 Å². The highest BCUT2D eigenvalue weighted by molar-refractivity contribution is 7.13. The summed E-state index contributed by atoms with van der Waals surface area (Å²) >= 11 is 6.63. The first-order valence-electron chi connectivity index (χ1n) is 7.27. The molecule has 0 aromatic heterocycles. The lowest BCUT2D eigenvalue weighted by atomic mass is 10.2. The van der Waals surface area contributed by atoms with Gasteiger partial charge in [0, 0.05) is 12.7 Å². The van der Waals surface area contributed by atoms with Gasteiger partial charge in [-0.05, 0) is 25.0 Å².